The number of likely N-dealkylation sites (tertiary alicyclic amines) is 1. The molecule has 1 aliphatic heterocycles. The minimum absolute atomic E-state index is 0.347. The molecule has 0 N–H and O–H groups in total. The highest BCUT2D eigenvalue weighted by Gasteiger charge is 2.23. The Kier molecular flexibility index (Phi) is 6.53. The quantitative estimate of drug-likeness (QED) is 0.388. The summed E-state index contributed by atoms with van der Waals surface area (Å²) in [5, 5.41) is 9.64. The first-order valence-electron chi connectivity index (χ1n) is 11.5. The number of halogens is 1. The molecule has 8 nitrogen and oxygen atoms in total. The lowest BCUT2D eigenvalue weighted by atomic mass is 9.99. The minimum Gasteiger partial charge on any atom is -0.480 e. The highest BCUT2D eigenvalue weighted by molar-refractivity contribution is 6.32. The number of nitrogens with zero attached hydrogens (tertiary/aromatic N) is 6. The number of benzene rings is 1. The Morgan fingerprint density at radius 3 is 2.74 bits per heavy atom. The summed E-state index contributed by atoms with van der Waals surface area (Å²) < 4.78 is 13.4. The van der Waals surface area contributed by atoms with Gasteiger partial charge in [-0.3, -0.25) is 4.40 Å². The molecule has 1 aromatic carbocycles. The number of hydrogen-bond acceptors (Lipinski definition) is 7. The second-order valence-electron chi connectivity index (χ2n) is 8.72. The van der Waals surface area contributed by atoms with Crippen molar-refractivity contribution in [3.63, 3.8) is 0 Å². The second-order valence-corrected chi connectivity index (χ2v) is 9.13. The molecule has 0 radical (unpaired) electrons. The summed E-state index contributed by atoms with van der Waals surface area (Å²) >= 11 is 6.42. The van der Waals surface area contributed by atoms with Crippen molar-refractivity contribution in [1.29, 1.82) is 5.26 Å². The van der Waals surface area contributed by atoms with Gasteiger partial charge in [-0.15, -0.1) is 0 Å². The van der Waals surface area contributed by atoms with Crippen molar-refractivity contribution < 1.29 is 9.47 Å². The number of nitriles is 1. The van der Waals surface area contributed by atoms with Crippen LogP contribution in [0.1, 0.15) is 18.4 Å². The maximum absolute atomic E-state index is 9.24. The zero-order valence-corrected chi connectivity index (χ0v) is 20.4. The van der Waals surface area contributed by atoms with Gasteiger partial charge in [-0.1, -0.05) is 23.7 Å². The van der Waals surface area contributed by atoms with E-state index in [0.717, 1.165) is 36.2 Å². The zero-order chi connectivity index (χ0) is 24.4. The number of methoxy groups -OCH3 is 1. The Balaban J connectivity index is 1.63. The van der Waals surface area contributed by atoms with Gasteiger partial charge in [0.2, 0.25) is 5.88 Å². The largest absolute Gasteiger partial charge is 0.480 e. The van der Waals surface area contributed by atoms with Crippen molar-refractivity contribution >= 4 is 17.2 Å². The average Bonchev–Trinajstić information content (AvgIpc) is 3.37. The summed E-state index contributed by atoms with van der Waals surface area (Å²) in [5.74, 6) is 0.789. The molecule has 0 amide bonds. The van der Waals surface area contributed by atoms with E-state index in [1.807, 2.05) is 22.7 Å². The molecule has 35 heavy (non-hydrogen) atoms. The van der Waals surface area contributed by atoms with Crippen LogP contribution in [-0.2, 0) is 0 Å². The highest BCUT2D eigenvalue weighted by atomic mass is 35.5. The molecular weight excluding hydrogens is 464 g/mol. The van der Waals surface area contributed by atoms with E-state index in [0.29, 0.717) is 46.3 Å². The topological polar surface area (TPSA) is 88.6 Å². The molecule has 4 aromatic rings. The summed E-state index contributed by atoms with van der Waals surface area (Å²) in [6, 6.07) is 11.7. The first kappa shape index (κ1) is 23.1. The van der Waals surface area contributed by atoms with Crippen LogP contribution < -0.4 is 9.47 Å². The van der Waals surface area contributed by atoms with Crippen LogP contribution in [0.4, 0.5) is 0 Å². The first-order chi connectivity index (χ1) is 17.1. The van der Waals surface area contributed by atoms with Gasteiger partial charge in [0.25, 0.3) is 0 Å². The summed E-state index contributed by atoms with van der Waals surface area (Å²) in [6.45, 7) is 2.70. The molecule has 0 aliphatic carbocycles. The molecule has 1 aliphatic rings. The highest BCUT2D eigenvalue weighted by Crippen LogP contribution is 2.38. The molecule has 4 heterocycles. The summed E-state index contributed by atoms with van der Waals surface area (Å²) in [4.78, 5) is 16.3. The molecule has 178 valence electrons. The third kappa shape index (κ3) is 4.65. The van der Waals surface area contributed by atoms with E-state index in [1.54, 1.807) is 30.6 Å². The van der Waals surface area contributed by atoms with Crippen molar-refractivity contribution in [3.8, 4) is 40.3 Å². The van der Waals surface area contributed by atoms with Crippen molar-refractivity contribution in [1.82, 2.24) is 24.3 Å². The van der Waals surface area contributed by atoms with Crippen LogP contribution in [0.25, 0.3) is 28.0 Å². The molecule has 9 heteroatoms. The van der Waals surface area contributed by atoms with Gasteiger partial charge in [0.05, 0.1) is 36.6 Å². The van der Waals surface area contributed by atoms with E-state index in [9.17, 15) is 5.26 Å². The van der Waals surface area contributed by atoms with Crippen LogP contribution in [0.3, 0.4) is 0 Å². The number of pyridine rings is 1. The Morgan fingerprint density at radius 2 is 2.03 bits per heavy atom. The lowest BCUT2D eigenvalue weighted by molar-refractivity contribution is 0.143. The Labute approximate surface area is 208 Å². The lowest BCUT2D eigenvalue weighted by Gasteiger charge is -2.29. The van der Waals surface area contributed by atoms with Crippen molar-refractivity contribution in [2.75, 3.05) is 33.9 Å². The second kappa shape index (κ2) is 9.90. The van der Waals surface area contributed by atoms with Gasteiger partial charge >= 0.3 is 6.01 Å². The fourth-order valence-electron chi connectivity index (χ4n) is 4.55. The van der Waals surface area contributed by atoms with E-state index < -0.39 is 0 Å². The van der Waals surface area contributed by atoms with Gasteiger partial charge in [-0.2, -0.15) is 10.2 Å². The molecule has 0 bridgehead atoms. The Hall–Kier alpha value is -3.67. The fraction of sp³-hybridized carbons (Fsp3) is 0.308. The number of fused-ring (bicyclic) bond motifs is 1. The molecule has 5 rings (SSSR count). The lowest BCUT2D eigenvalue weighted by Crippen LogP contribution is -2.35. The molecular formula is C26H25ClN6O2. The van der Waals surface area contributed by atoms with Crippen molar-refractivity contribution in [3.05, 3.63) is 59.5 Å². The minimum atomic E-state index is 0.347. The third-order valence-corrected chi connectivity index (χ3v) is 6.53. The zero-order valence-electron chi connectivity index (χ0n) is 19.6. The molecule has 0 saturated carbocycles. The van der Waals surface area contributed by atoms with Crippen LogP contribution >= 0.6 is 11.6 Å². The van der Waals surface area contributed by atoms with Gasteiger partial charge in [-0.25, -0.2) is 9.97 Å². The third-order valence-electron chi connectivity index (χ3n) is 6.26. The van der Waals surface area contributed by atoms with Crippen LogP contribution in [0.5, 0.6) is 11.9 Å². The molecule has 3 aromatic heterocycles. The SMILES string of the molecule is COc1ncc(-c2c(-c3ccc(C#N)cc3)nc(OC[C@@H]3CCCN(C)C3)n3ccnc23)cc1Cl. The predicted octanol–water partition coefficient (Wildman–Crippen LogP) is 4.71. The van der Waals surface area contributed by atoms with Crippen molar-refractivity contribution in [2.24, 2.45) is 5.92 Å². The maximum atomic E-state index is 9.24. The molecule has 1 atom stereocenters. The van der Waals surface area contributed by atoms with Crippen LogP contribution in [-0.4, -0.2) is 58.1 Å². The van der Waals surface area contributed by atoms with Gasteiger partial charge in [0.15, 0.2) is 5.65 Å². The van der Waals surface area contributed by atoms with Gasteiger partial charge in [0, 0.05) is 42.2 Å². The number of rotatable bonds is 6. The van der Waals surface area contributed by atoms with Crippen molar-refractivity contribution in [2.45, 2.75) is 12.8 Å². The summed E-state index contributed by atoms with van der Waals surface area (Å²) in [6.07, 6.45) is 7.56. The maximum Gasteiger partial charge on any atom is 0.302 e. The van der Waals surface area contributed by atoms with E-state index in [1.165, 1.54) is 13.5 Å². The number of aromatic nitrogens is 4. The molecule has 1 saturated heterocycles. The molecule has 0 unspecified atom stereocenters. The van der Waals surface area contributed by atoms with Crippen LogP contribution in [0, 0.1) is 17.2 Å². The van der Waals surface area contributed by atoms with Gasteiger partial charge < -0.3 is 14.4 Å². The standard InChI is InChI=1S/C26H25ClN6O2/c1-32-10-3-4-18(15-32)16-35-26-31-23(19-7-5-17(13-28)6-8-19)22(24-29-9-11-33(24)26)20-12-21(27)25(34-2)30-14-20/h5-9,11-12,14,18H,3-4,10,15-16H2,1-2H3/t18-/m1/s1. The summed E-state index contributed by atoms with van der Waals surface area (Å²) in [7, 11) is 3.67. The number of imidazole rings is 1. The molecule has 0 spiro atoms. The van der Waals surface area contributed by atoms with Crippen LogP contribution in [0.15, 0.2) is 48.9 Å². The Bertz CT molecular complexity index is 1400. The van der Waals surface area contributed by atoms with E-state index in [-0.39, 0.29) is 0 Å². The number of hydrogen-bond donors (Lipinski definition) is 0. The Morgan fingerprint density at radius 1 is 1.20 bits per heavy atom. The smallest absolute Gasteiger partial charge is 0.302 e. The fourth-order valence-corrected chi connectivity index (χ4v) is 4.79. The first-order valence-corrected chi connectivity index (χ1v) is 11.8. The summed E-state index contributed by atoms with van der Waals surface area (Å²) in [5.41, 5.74) is 4.27. The predicted molar refractivity (Wildman–Crippen MR) is 134 cm³/mol. The van der Waals surface area contributed by atoms with E-state index in [4.69, 9.17) is 26.1 Å². The number of ether oxygens (including phenoxy) is 2. The number of piperidine rings is 1. The van der Waals surface area contributed by atoms with Crippen LogP contribution in [0.2, 0.25) is 5.02 Å². The van der Waals surface area contributed by atoms with E-state index in [2.05, 4.69) is 28.0 Å². The monoisotopic (exact) mass is 488 g/mol. The normalized spacial score (nSPS) is 16.2. The van der Waals surface area contributed by atoms with E-state index >= 15 is 0 Å². The van der Waals surface area contributed by atoms with Gasteiger partial charge in [-0.05, 0) is 44.6 Å². The van der Waals surface area contributed by atoms with Gasteiger partial charge in [0.1, 0.15) is 5.02 Å². The molecule has 1 fully saturated rings. The average molecular weight is 489 g/mol.